The lowest BCUT2D eigenvalue weighted by Crippen LogP contribution is -2.37. The smallest absolute Gasteiger partial charge is 0.253 e. The van der Waals surface area contributed by atoms with Gasteiger partial charge < -0.3 is 10.6 Å². The maximum atomic E-state index is 12.7. The minimum absolute atomic E-state index is 0.139. The largest absolute Gasteiger partial charge is 0.398 e. The van der Waals surface area contributed by atoms with Gasteiger partial charge in [-0.2, -0.15) is 0 Å². The molecule has 1 aliphatic heterocycles. The summed E-state index contributed by atoms with van der Waals surface area (Å²) in [4.78, 5) is 14.6. The van der Waals surface area contributed by atoms with Crippen LogP contribution < -0.4 is 5.73 Å². The molecular formula is C22H26N2O. The van der Waals surface area contributed by atoms with Gasteiger partial charge in [0.25, 0.3) is 5.91 Å². The third-order valence-corrected chi connectivity index (χ3v) is 5.18. The summed E-state index contributed by atoms with van der Waals surface area (Å²) in [5.41, 5.74) is 15.0. The van der Waals surface area contributed by atoms with Crippen LogP contribution in [0.1, 0.15) is 49.5 Å². The van der Waals surface area contributed by atoms with Gasteiger partial charge in [0.05, 0.1) is 0 Å². The molecule has 3 rings (SSSR count). The molecule has 2 N–H and O–H groups in total. The highest BCUT2D eigenvalue weighted by molar-refractivity contribution is 5.94. The topological polar surface area (TPSA) is 46.3 Å². The molecule has 1 aliphatic carbocycles. The highest BCUT2D eigenvalue weighted by atomic mass is 16.2. The average Bonchev–Trinajstić information content (AvgIpc) is 2.75. The fraction of sp³-hybridized carbons (Fsp3) is 0.364. The molecular weight excluding hydrogens is 308 g/mol. The standard InChI is InChI=1S/C22H26N2O/c1-15-10-12-24(13-11-15)22(25)19-8-6-18(7-9-19)20-5-4-16(2)21(23)17(3)14-20/h5-9,14-15H,10-13,23H2,1-3H3. The van der Waals surface area contributed by atoms with Crippen molar-refractivity contribution < 1.29 is 4.79 Å². The number of rotatable bonds is 2. The average molecular weight is 334 g/mol. The number of amides is 1. The zero-order valence-electron chi connectivity index (χ0n) is 15.3. The van der Waals surface area contributed by atoms with Crippen LogP contribution in [0.15, 0.2) is 59.0 Å². The molecule has 3 heteroatoms. The summed E-state index contributed by atoms with van der Waals surface area (Å²) in [5.74, 6) is 0.862. The number of hydrogen-bond donors (Lipinski definition) is 1. The van der Waals surface area contributed by atoms with Gasteiger partial charge in [0, 0.05) is 29.9 Å². The van der Waals surface area contributed by atoms with E-state index in [4.69, 9.17) is 5.73 Å². The number of piperidine rings is 1. The summed E-state index contributed by atoms with van der Waals surface area (Å²) < 4.78 is 0. The fourth-order valence-corrected chi connectivity index (χ4v) is 3.28. The summed E-state index contributed by atoms with van der Waals surface area (Å²) in [6.07, 6.45) is 6.23. The molecule has 1 aromatic carbocycles. The molecule has 1 aromatic rings. The molecule has 130 valence electrons. The minimum Gasteiger partial charge on any atom is -0.398 e. The highest BCUT2D eigenvalue weighted by Crippen LogP contribution is 2.24. The lowest BCUT2D eigenvalue weighted by molar-refractivity contribution is 0.0697. The van der Waals surface area contributed by atoms with Crippen LogP contribution in [-0.2, 0) is 0 Å². The van der Waals surface area contributed by atoms with E-state index in [9.17, 15) is 4.79 Å². The second kappa shape index (κ2) is 7.16. The Kier molecular flexibility index (Phi) is 4.96. The fourth-order valence-electron chi connectivity index (χ4n) is 3.28. The highest BCUT2D eigenvalue weighted by Gasteiger charge is 2.21. The molecule has 1 amide bonds. The van der Waals surface area contributed by atoms with E-state index in [-0.39, 0.29) is 5.91 Å². The van der Waals surface area contributed by atoms with Crippen molar-refractivity contribution >= 4 is 11.5 Å². The van der Waals surface area contributed by atoms with E-state index in [1.165, 1.54) is 0 Å². The van der Waals surface area contributed by atoms with Crippen molar-refractivity contribution in [1.29, 1.82) is 0 Å². The molecule has 0 bridgehead atoms. The van der Waals surface area contributed by atoms with Gasteiger partial charge in [-0.3, -0.25) is 4.79 Å². The molecule has 2 aliphatic rings. The minimum atomic E-state index is 0.139. The number of carbonyl (C=O) groups is 1. The van der Waals surface area contributed by atoms with Crippen LogP contribution >= 0.6 is 0 Å². The van der Waals surface area contributed by atoms with Crippen molar-refractivity contribution in [2.24, 2.45) is 11.7 Å². The number of benzene rings is 1. The van der Waals surface area contributed by atoms with E-state index in [1.54, 1.807) is 0 Å². The van der Waals surface area contributed by atoms with Gasteiger partial charge in [-0.1, -0.05) is 19.1 Å². The number of likely N-dealkylation sites (tertiary alicyclic amines) is 1. The Morgan fingerprint density at radius 2 is 1.80 bits per heavy atom. The van der Waals surface area contributed by atoms with E-state index in [0.717, 1.165) is 65.4 Å². The van der Waals surface area contributed by atoms with Crippen LogP contribution in [0, 0.1) is 5.92 Å². The van der Waals surface area contributed by atoms with E-state index < -0.39 is 0 Å². The molecule has 3 nitrogen and oxygen atoms in total. The molecule has 1 heterocycles. The first kappa shape index (κ1) is 17.3. The van der Waals surface area contributed by atoms with Crippen LogP contribution in [0.5, 0.6) is 0 Å². The zero-order chi connectivity index (χ0) is 18.0. The Morgan fingerprint density at radius 3 is 2.44 bits per heavy atom. The van der Waals surface area contributed by atoms with E-state index in [0.29, 0.717) is 0 Å². The van der Waals surface area contributed by atoms with Crippen molar-refractivity contribution in [2.45, 2.75) is 33.6 Å². The number of nitrogens with zero attached hydrogens (tertiary/aromatic N) is 1. The Labute approximate surface area is 150 Å². The molecule has 25 heavy (non-hydrogen) atoms. The van der Waals surface area contributed by atoms with Gasteiger partial charge in [-0.15, -0.1) is 5.73 Å². The molecule has 0 radical (unpaired) electrons. The van der Waals surface area contributed by atoms with Crippen molar-refractivity contribution in [3.05, 3.63) is 70.1 Å². The summed E-state index contributed by atoms with van der Waals surface area (Å²) in [6, 6.07) is 7.87. The summed E-state index contributed by atoms with van der Waals surface area (Å²) in [7, 11) is 0. The van der Waals surface area contributed by atoms with Crippen molar-refractivity contribution in [1.82, 2.24) is 4.90 Å². The van der Waals surface area contributed by atoms with Crippen molar-refractivity contribution in [2.75, 3.05) is 13.1 Å². The molecule has 0 aromatic heterocycles. The third kappa shape index (κ3) is 3.78. The molecule has 0 spiro atoms. The second-order valence-corrected chi connectivity index (χ2v) is 7.16. The van der Waals surface area contributed by atoms with Gasteiger partial charge in [-0.25, -0.2) is 0 Å². The Balaban J connectivity index is 1.80. The van der Waals surface area contributed by atoms with E-state index >= 15 is 0 Å². The van der Waals surface area contributed by atoms with Crippen LogP contribution in [0.25, 0.3) is 5.57 Å². The van der Waals surface area contributed by atoms with E-state index in [2.05, 4.69) is 18.7 Å². The maximum Gasteiger partial charge on any atom is 0.253 e. The molecule has 1 saturated heterocycles. The van der Waals surface area contributed by atoms with Gasteiger partial charge in [0.1, 0.15) is 0 Å². The van der Waals surface area contributed by atoms with Gasteiger partial charge in [0.2, 0.25) is 0 Å². The number of hydrogen-bond acceptors (Lipinski definition) is 2. The van der Waals surface area contributed by atoms with E-state index in [1.807, 2.05) is 49.1 Å². The van der Waals surface area contributed by atoms with Crippen molar-refractivity contribution in [3.63, 3.8) is 0 Å². The molecule has 0 saturated carbocycles. The first-order valence-corrected chi connectivity index (χ1v) is 8.97. The molecule has 0 atom stereocenters. The first-order valence-electron chi connectivity index (χ1n) is 8.97. The predicted octanol–water partition coefficient (Wildman–Crippen LogP) is 4.29. The maximum absolute atomic E-state index is 12.7. The summed E-state index contributed by atoms with van der Waals surface area (Å²) in [5, 5.41) is 0. The monoisotopic (exact) mass is 334 g/mol. The second-order valence-electron chi connectivity index (χ2n) is 7.16. The Hall–Kier alpha value is -2.51. The number of allylic oxidation sites excluding steroid dienone is 4. The van der Waals surface area contributed by atoms with Crippen LogP contribution in [0.2, 0.25) is 0 Å². The number of nitrogens with two attached hydrogens (primary N) is 1. The lowest BCUT2D eigenvalue weighted by atomic mass is 9.98. The SMILES string of the molecule is CC1=C=CC(c2ccc(C(=O)N3CCC(C)CC3)cc2)=CC(C)=C1N. The zero-order valence-corrected chi connectivity index (χ0v) is 15.3. The Morgan fingerprint density at radius 1 is 1.16 bits per heavy atom. The molecule has 1 fully saturated rings. The Bertz CT molecular complexity index is 797. The quantitative estimate of drug-likeness (QED) is 0.820. The predicted molar refractivity (Wildman–Crippen MR) is 103 cm³/mol. The van der Waals surface area contributed by atoms with Gasteiger partial charge in [-0.05, 0) is 73.6 Å². The third-order valence-electron chi connectivity index (χ3n) is 5.18. The first-order chi connectivity index (χ1) is 12.0. The number of carbonyl (C=O) groups excluding carboxylic acids is 1. The van der Waals surface area contributed by atoms with Crippen molar-refractivity contribution in [3.8, 4) is 0 Å². The van der Waals surface area contributed by atoms with Crippen LogP contribution in [-0.4, -0.2) is 23.9 Å². The normalized spacial score (nSPS) is 18.8. The van der Waals surface area contributed by atoms with Gasteiger partial charge in [0.15, 0.2) is 0 Å². The lowest BCUT2D eigenvalue weighted by Gasteiger charge is -2.30. The summed E-state index contributed by atoms with van der Waals surface area (Å²) in [6.45, 7) is 7.96. The van der Waals surface area contributed by atoms with Crippen LogP contribution in [0.4, 0.5) is 0 Å². The van der Waals surface area contributed by atoms with Crippen LogP contribution in [0.3, 0.4) is 0 Å². The van der Waals surface area contributed by atoms with Gasteiger partial charge >= 0.3 is 0 Å². The summed E-state index contributed by atoms with van der Waals surface area (Å²) >= 11 is 0. The molecule has 0 unspecified atom stereocenters.